The summed E-state index contributed by atoms with van der Waals surface area (Å²) in [5, 5.41) is 33.5. The fraction of sp³-hybridized carbons (Fsp3) is 0. The molecule has 0 aromatic carbocycles. The summed E-state index contributed by atoms with van der Waals surface area (Å²) in [7, 11) is -1.78. The first kappa shape index (κ1) is 22.9. The van der Waals surface area contributed by atoms with Gasteiger partial charge in [-0.1, -0.05) is 18.2 Å². The van der Waals surface area contributed by atoms with Gasteiger partial charge < -0.3 is 29.7 Å². The number of hydrogen-bond acceptors (Lipinski definition) is 9. The minimum absolute atomic E-state index is 0. The predicted octanol–water partition coefficient (Wildman–Crippen LogP) is -3.28. The van der Waals surface area contributed by atoms with E-state index in [0.29, 0.717) is 0 Å². The molecule has 0 spiro atoms. The summed E-state index contributed by atoms with van der Waals surface area (Å²) in [6.45, 7) is 0. The van der Waals surface area contributed by atoms with Crippen LogP contribution >= 0.6 is 7.92 Å². The van der Waals surface area contributed by atoms with Gasteiger partial charge in [0.25, 0.3) is 0 Å². The molecule has 0 atom stereocenters. The first-order chi connectivity index (χ1) is 13.4. The number of carboxylic acids is 3. The van der Waals surface area contributed by atoms with Crippen LogP contribution in [0.4, 0.5) is 0 Å². The summed E-state index contributed by atoms with van der Waals surface area (Å²) in [4.78, 5) is 45.6. The molecule has 0 aliphatic carbocycles. The number of carboxylic acid groups (broad SMARTS) is 3. The summed E-state index contributed by atoms with van der Waals surface area (Å²) >= 11 is 0. The molecule has 3 aromatic heterocycles. The van der Waals surface area contributed by atoms with Crippen molar-refractivity contribution in [3.8, 4) is 0 Å². The molecule has 3 aromatic rings. The largest absolute Gasteiger partial charge is 3.00 e. The Morgan fingerprint density at radius 2 is 0.862 bits per heavy atom. The van der Waals surface area contributed by atoms with E-state index < -0.39 is 25.8 Å². The van der Waals surface area contributed by atoms with Crippen LogP contribution in [0.3, 0.4) is 0 Å². The number of carbonyl (C=O) groups is 3. The fourth-order valence-electron chi connectivity index (χ4n) is 2.34. The van der Waals surface area contributed by atoms with Gasteiger partial charge in [-0.2, -0.15) is 0 Å². The summed E-state index contributed by atoms with van der Waals surface area (Å²) in [6.07, 6.45) is 0. The van der Waals surface area contributed by atoms with Gasteiger partial charge in [-0.25, -0.2) is 15.0 Å². The number of pyridine rings is 3. The Morgan fingerprint density at radius 1 is 0.586 bits per heavy atom. The summed E-state index contributed by atoms with van der Waals surface area (Å²) in [6, 6.07) is 12.6. The monoisotopic (exact) mass is 552 g/mol. The minimum Gasteiger partial charge on any atom is -0.543 e. The SMILES string of the molecule is O=C([O-])c1cccc(P(c2cccc(C(=O)[O-])n2)c2cccc(C(=O)[O-])n2)n1.[Gd+3]. The number of aromatic nitrogens is 3. The van der Waals surface area contributed by atoms with E-state index in [1.54, 1.807) is 0 Å². The molecule has 0 aliphatic rings. The van der Waals surface area contributed by atoms with Crippen molar-refractivity contribution >= 4 is 42.1 Å². The van der Waals surface area contributed by atoms with Crippen LogP contribution in [0, 0.1) is 39.9 Å². The zero-order chi connectivity index (χ0) is 20.3. The van der Waals surface area contributed by atoms with E-state index in [-0.39, 0.29) is 73.3 Å². The Balaban J connectivity index is 0.00000300. The zero-order valence-electron chi connectivity index (χ0n) is 14.3. The standard InChI is InChI=1S/C18H12N3O6P.Gd/c22-16(23)10-4-1-7-13(19-10)28(14-8-2-5-11(20-14)17(24)25)15-9-3-6-12(21-15)18(26)27;/h1-9H,(H,22,23)(H,24,25)(H,26,27);/q;+3/p-3. The van der Waals surface area contributed by atoms with Gasteiger partial charge in [-0.15, -0.1) is 0 Å². The van der Waals surface area contributed by atoms with E-state index in [1.807, 2.05) is 0 Å². The predicted molar refractivity (Wildman–Crippen MR) is 91.5 cm³/mol. The van der Waals surface area contributed by atoms with E-state index in [9.17, 15) is 29.7 Å². The third-order valence-corrected chi connectivity index (χ3v) is 5.64. The van der Waals surface area contributed by atoms with Gasteiger partial charge in [0.1, 0.15) is 0 Å². The van der Waals surface area contributed by atoms with Crippen LogP contribution in [0.2, 0.25) is 0 Å². The Bertz CT molecular complexity index is 958. The molecule has 0 N–H and O–H groups in total. The van der Waals surface area contributed by atoms with Crippen LogP contribution in [0.5, 0.6) is 0 Å². The molecule has 29 heavy (non-hydrogen) atoms. The number of carbonyl (C=O) groups excluding carboxylic acids is 3. The van der Waals surface area contributed by atoms with Crippen molar-refractivity contribution in [2.75, 3.05) is 0 Å². The molecule has 0 aliphatic heterocycles. The minimum atomic E-state index is -1.78. The van der Waals surface area contributed by atoms with E-state index in [4.69, 9.17) is 0 Å². The van der Waals surface area contributed by atoms with E-state index in [1.165, 1.54) is 54.6 Å². The van der Waals surface area contributed by atoms with Crippen molar-refractivity contribution in [2.24, 2.45) is 0 Å². The zero-order valence-corrected chi connectivity index (χ0v) is 17.5. The molecular formula is C18H9GdN3O6P. The maximum absolute atomic E-state index is 11.2. The summed E-state index contributed by atoms with van der Waals surface area (Å²) in [5.74, 6) is -4.49. The molecule has 0 fully saturated rings. The third kappa shape index (κ3) is 5.36. The van der Waals surface area contributed by atoms with Gasteiger partial charge in [0.15, 0.2) is 0 Å². The van der Waals surface area contributed by atoms with Crippen LogP contribution in [0.15, 0.2) is 54.6 Å². The van der Waals surface area contributed by atoms with Crippen LogP contribution in [0.25, 0.3) is 0 Å². The van der Waals surface area contributed by atoms with Crippen molar-refractivity contribution < 1.29 is 69.6 Å². The molecule has 0 amide bonds. The second kappa shape index (κ2) is 9.89. The van der Waals surface area contributed by atoms with Crippen molar-refractivity contribution in [1.29, 1.82) is 0 Å². The molecule has 11 heteroatoms. The Hall–Kier alpha value is -2.39. The average Bonchev–Trinajstić information content (AvgIpc) is 2.69. The van der Waals surface area contributed by atoms with Crippen molar-refractivity contribution in [3.05, 3.63) is 71.7 Å². The fourth-order valence-corrected chi connectivity index (χ4v) is 4.37. The molecule has 0 unspecified atom stereocenters. The van der Waals surface area contributed by atoms with Gasteiger partial charge in [0, 0.05) is 7.92 Å². The number of nitrogens with zero attached hydrogens (tertiary/aromatic N) is 3. The first-order valence-electron chi connectivity index (χ1n) is 7.72. The molecule has 1 radical (unpaired) electrons. The molecule has 3 heterocycles. The number of hydrogen-bond donors (Lipinski definition) is 0. The first-order valence-corrected chi connectivity index (χ1v) is 9.06. The average molecular weight is 552 g/mol. The number of aromatic carboxylic acids is 3. The Morgan fingerprint density at radius 3 is 1.10 bits per heavy atom. The normalized spacial score (nSPS) is 10.2. The molecule has 145 valence electrons. The second-order valence-electron chi connectivity index (χ2n) is 5.34. The van der Waals surface area contributed by atoms with E-state index in [0.717, 1.165) is 0 Å². The van der Waals surface area contributed by atoms with Crippen LogP contribution in [-0.2, 0) is 0 Å². The maximum atomic E-state index is 11.2. The molecule has 0 saturated carbocycles. The van der Waals surface area contributed by atoms with Gasteiger partial charge in [-0.05, 0) is 36.4 Å². The Labute approximate surface area is 197 Å². The maximum Gasteiger partial charge on any atom is 3.00 e. The van der Waals surface area contributed by atoms with Gasteiger partial charge >= 0.3 is 39.9 Å². The van der Waals surface area contributed by atoms with E-state index >= 15 is 0 Å². The second-order valence-corrected chi connectivity index (χ2v) is 7.39. The summed E-state index contributed by atoms with van der Waals surface area (Å²) < 4.78 is 0. The van der Waals surface area contributed by atoms with Crippen molar-refractivity contribution in [1.82, 2.24) is 15.0 Å². The smallest absolute Gasteiger partial charge is 0.543 e. The van der Waals surface area contributed by atoms with Crippen molar-refractivity contribution in [3.63, 3.8) is 0 Å². The van der Waals surface area contributed by atoms with Crippen LogP contribution in [-0.4, -0.2) is 32.9 Å². The quantitative estimate of drug-likeness (QED) is 0.286. The van der Waals surface area contributed by atoms with Crippen LogP contribution < -0.4 is 31.6 Å². The van der Waals surface area contributed by atoms with Crippen LogP contribution in [0.1, 0.15) is 31.5 Å². The van der Waals surface area contributed by atoms with Gasteiger partial charge in [0.2, 0.25) is 0 Å². The molecule has 3 rings (SSSR count). The third-order valence-electron chi connectivity index (χ3n) is 3.52. The summed E-state index contributed by atoms with van der Waals surface area (Å²) in [5.41, 5.74) is -0.334. The van der Waals surface area contributed by atoms with Gasteiger partial charge in [0.05, 0.1) is 51.3 Å². The van der Waals surface area contributed by atoms with Crippen molar-refractivity contribution in [2.45, 2.75) is 0 Å². The molecule has 0 saturated heterocycles. The molecule has 9 nitrogen and oxygen atoms in total. The Kier molecular flexibility index (Phi) is 7.81. The van der Waals surface area contributed by atoms with Gasteiger partial charge in [-0.3, -0.25) is 0 Å². The number of rotatable bonds is 6. The molecule has 0 bridgehead atoms. The van der Waals surface area contributed by atoms with E-state index in [2.05, 4.69) is 15.0 Å². The topological polar surface area (TPSA) is 159 Å². The molecular weight excluding hydrogens is 542 g/mol.